The normalized spacial score (nSPS) is 17.8. The third-order valence-corrected chi connectivity index (χ3v) is 3.99. The van der Waals surface area contributed by atoms with Crippen molar-refractivity contribution in [2.45, 2.75) is 25.4 Å². The van der Waals surface area contributed by atoms with Crippen molar-refractivity contribution in [3.8, 4) is 17.2 Å². The van der Waals surface area contributed by atoms with Gasteiger partial charge in [-0.2, -0.15) is 0 Å². The Balaban J connectivity index is 0.00000312. The Morgan fingerprint density at radius 3 is 2.40 bits per heavy atom. The van der Waals surface area contributed by atoms with Crippen molar-refractivity contribution >= 4 is 18.3 Å². The van der Waals surface area contributed by atoms with E-state index in [9.17, 15) is 4.79 Å². The molecule has 2 atom stereocenters. The summed E-state index contributed by atoms with van der Waals surface area (Å²) in [5.41, 5.74) is 0.880. The number of hydrogen-bond acceptors (Lipinski definition) is 6. The number of carbonyl (C=O) groups is 1. The second kappa shape index (κ2) is 10.3. The van der Waals surface area contributed by atoms with Gasteiger partial charge in [-0.15, -0.1) is 12.4 Å². The lowest BCUT2D eigenvalue weighted by Gasteiger charge is -2.24. The molecule has 1 aliphatic heterocycles. The van der Waals surface area contributed by atoms with Crippen molar-refractivity contribution in [2.24, 2.45) is 0 Å². The number of morpholine rings is 1. The molecule has 7 nitrogen and oxygen atoms in total. The SMILES string of the molecule is COc1cc(C(C)NC(=O)CC2COCCN2)cc(OC)c1OC.Cl. The Morgan fingerprint density at radius 1 is 1.28 bits per heavy atom. The van der Waals surface area contributed by atoms with Gasteiger partial charge in [-0.25, -0.2) is 0 Å². The van der Waals surface area contributed by atoms with E-state index in [0.717, 1.165) is 12.1 Å². The highest BCUT2D eigenvalue weighted by Gasteiger charge is 2.20. The summed E-state index contributed by atoms with van der Waals surface area (Å²) in [6, 6.07) is 3.56. The Morgan fingerprint density at radius 2 is 1.92 bits per heavy atom. The fourth-order valence-corrected chi connectivity index (χ4v) is 2.71. The molecule has 2 N–H and O–H groups in total. The number of methoxy groups -OCH3 is 3. The van der Waals surface area contributed by atoms with Gasteiger partial charge in [0.05, 0.1) is 40.6 Å². The molecule has 1 heterocycles. The fourth-order valence-electron chi connectivity index (χ4n) is 2.71. The molecule has 1 amide bonds. The summed E-state index contributed by atoms with van der Waals surface area (Å²) in [6.45, 7) is 3.95. The summed E-state index contributed by atoms with van der Waals surface area (Å²) in [7, 11) is 4.70. The molecule has 25 heavy (non-hydrogen) atoms. The lowest BCUT2D eigenvalue weighted by atomic mass is 10.1. The fraction of sp³-hybridized carbons (Fsp3) is 0.588. The van der Waals surface area contributed by atoms with Crippen molar-refractivity contribution in [1.29, 1.82) is 0 Å². The van der Waals surface area contributed by atoms with Crippen LogP contribution in [0.2, 0.25) is 0 Å². The number of ether oxygens (including phenoxy) is 4. The summed E-state index contributed by atoms with van der Waals surface area (Å²) in [5.74, 6) is 1.63. The maximum Gasteiger partial charge on any atom is 0.222 e. The Labute approximate surface area is 154 Å². The van der Waals surface area contributed by atoms with Crippen LogP contribution in [0.1, 0.15) is 24.9 Å². The standard InChI is InChI=1S/C17H26N2O5.ClH/c1-11(19-16(20)9-13-10-24-6-5-18-13)12-7-14(21-2)17(23-4)15(8-12)22-3;/h7-8,11,13,18H,5-6,9-10H2,1-4H3,(H,19,20);1H. The van der Waals surface area contributed by atoms with E-state index in [1.807, 2.05) is 19.1 Å². The molecule has 1 aromatic carbocycles. The maximum absolute atomic E-state index is 12.2. The van der Waals surface area contributed by atoms with Crippen LogP contribution >= 0.6 is 12.4 Å². The molecule has 1 aromatic rings. The molecule has 8 heteroatoms. The second-order valence-electron chi connectivity index (χ2n) is 5.68. The van der Waals surface area contributed by atoms with E-state index in [2.05, 4.69) is 10.6 Å². The summed E-state index contributed by atoms with van der Waals surface area (Å²) in [6.07, 6.45) is 0.384. The highest BCUT2D eigenvalue weighted by Crippen LogP contribution is 2.39. The van der Waals surface area contributed by atoms with Crippen LogP contribution in [0.5, 0.6) is 17.2 Å². The number of nitrogens with one attached hydrogen (secondary N) is 2. The van der Waals surface area contributed by atoms with Gasteiger partial charge in [-0.3, -0.25) is 4.79 Å². The topological polar surface area (TPSA) is 78.1 Å². The van der Waals surface area contributed by atoms with E-state index >= 15 is 0 Å². The predicted molar refractivity (Wildman–Crippen MR) is 97.1 cm³/mol. The number of amides is 1. The highest BCUT2D eigenvalue weighted by atomic mass is 35.5. The van der Waals surface area contributed by atoms with Gasteiger partial charge >= 0.3 is 0 Å². The van der Waals surface area contributed by atoms with Gasteiger partial charge in [0, 0.05) is 19.0 Å². The molecule has 142 valence electrons. The van der Waals surface area contributed by atoms with Gasteiger partial charge in [0.1, 0.15) is 0 Å². The zero-order valence-electron chi connectivity index (χ0n) is 15.1. The van der Waals surface area contributed by atoms with Crippen LogP contribution in [-0.2, 0) is 9.53 Å². The quantitative estimate of drug-likeness (QED) is 0.756. The van der Waals surface area contributed by atoms with Gasteiger partial charge in [-0.1, -0.05) is 0 Å². The number of rotatable bonds is 7. The zero-order chi connectivity index (χ0) is 17.5. The van der Waals surface area contributed by atoms with Crippen molar-refractivity contribution in [3.05, 3.63) is 17.7 Å². The Bertz CT molecular complexity index is 539. The molecule has 2 rings (SSSR count). The first-order valence-electron chi connectivity index (χ1n) is 7.99. The van der Waals surface area contributed by atoms with Crippen LogP contribution < -0.4 is 24.8 Å². The molecule has 0 radical (unpaired) electrons. The first-order chi connectivity index (χ1) is 11.6. The van der Waals surface area contributed by atoms with Crippen molar-refractivity contribution in [3.63, 3.8) is 0 Å². The first kappa shape index (κ1) is 21.3. The van der Waals surface area contributed by atoms with Crippen LogP contribution in [0.3, 0.4) is 0 Å². The molecule has 0 aliphatic carbocycles. The minimum atomic E-state index is -0.185. The summed E-state index contributed by atoms with van der Waals surface area (Å²) in [5, 5.41) is 6.27. The van der Waals surface area contributed by atoms with Crippen molar-refractivity contribution in [2.75, 3.05) is 41.1 Å². The Kier molecular flexibility index (Phi) is 8.82. The van der Waals surface area contributed by atoms with Gasteiger partial charge in [-0.05, 0) is 24.6 Å². The molecule has 1 aliphatic rings. The number of hydrogen-bond donors (Lipinski definition) is 2. The van der Waals surface area contributed by atoms with Gasteiger partial charge in [0.25, 0.3) is 0 Å². The zero-order valence-corrected chi connectivity index (χ0v) is 15.9. The van der Waals surface area contributed by atoms with E-state index < -0.39 is 0 Å². The third-order valence-electron chi connectivity index (χ3n) is 3.99. The van der Waals surface area contributed by atoms with Crippen molar-refractivity contribution in [1.82, 2.24) is 10.6 Å². The molecule has 0 aromatic heterocycles. The van der Waals surface area contributed by atoms with E-state index in [0.29, 0.717) is 36.9 Å². The molecular weight excluding hydrogens is 348 g/mol. The molecule has 0 spiro atoms. The highest BCUT2D eigenvalue weighted by molar-refractivity contribution is 5.85. The van der Waals surface area contributed by atoms with Crippen LogP contribution in [-0.4, -0.2) is 53.0 Å². The lowest BCUT2D eigenvalue weighted by molar-refractivity contribution is -0.122. The number of benzene rings is 1. The van der Waals surface area contributed by atoms with E-state index in [1.165, 1.54) is 0 Å². The molecule has 1 fully saturated rings. The van der Waals surface area contributed by atoms with Gasteiger partial charge < -0.3 is 29.6 Å². The lowest BCUT2D eigenvalue weighted by Crippen LogP contribution is -2.44. The monoisotopic (exact) mass is 374 g/mol. The molecule has 2 unspecified atom stereocenters. The molecule has 0 bridgehead atoms. The smallest absolute Gasteiger partial charge is 0.222 e. The number of carbonyl (C=O) groups excluding carboxylic acids is 1. The molecular formula is C17H27ClN2O5. The number of halogens is 1. The second-order valence-corrected chi connectivity index (χ2v) is 5.68. The van der Waals surface area contributed by atoms with Crippen LogP contribution in [0, 0.1) is 0 Å². The predicted octanol–water partition coefficient (Wildman–Crippen LogP) is 1.69. The summed E-state index contributed by atoms with van der Waals surface area (Å²) < 4.78 is 21.4. The summed E-state index contributed by atoms with van der Waals surface area (Å²) in [4.78, 5) is 12.2. The molecule has 0 saturated carbocycles. The van der Waals surface area contributed by atoms with E-state index in [1.54, 1.807) is 21.3 Å². The average molecular weight is 375 g/mol. The largest absolute Gasteiger partial charge is 0.493 e. The van der Waals surface area contributed by atoms with Gasteiger partial charge in [0.2, 0.25) is 11.7 Å². The maximum atomic E-state index is 12.2. The molecule has 1 saturated heterocycles. The Hall–Kier alpha value is -1.70. The van der Waals surface area contributed by atoms with Crippen LogP contribution in [0.25, 0.3) is 0 Å². The minimum Gasteiger partial charge on any atom is -0.493 e. The van der Waals surface area contributed by atoms with Crippen LogP contribution in [0.15, 0.2) is 12.1 Å². The van der Waals surface area contributed by atoms with E-state index in [4.69, 9.17) is 18.9 Å². The van der Waals surface area contributed by atoms with Gasteiger partial charge in [0.15, 0.2) is 11.5 Å². The minimum absolute atomic E-state index is 0. The van der Waals surface area contributed by atoms with E-state index in [-0.39, 0.29) is 30.4 Å². The third kappa shape index (κ3) is 5.66. The van der Waals surface area contributed by atoms with Crippen molar-refractivity contribution < 1.29 is 23.7 Å². The first-order valence-corrected chi connectivity index (χ1v) is 7.99. The summed E-state index contributed by atoms with van der Waals surface area (Å²) >= 11 is 0. The average Bonchev–Trinajstić information content (AvgIpc) is 2.60. The van der Waals surface area contributed by atoms with Crippen LogP contribution in [0.4, 0.5) is 0 Å².